The Morgan fingerprint density at radius 1 is 1.12 bits per heavy atom. The van der Waals surface area contributed by atoms with Gasteiger partial charge in [0.2, 0.25) is 0 Å². The monoisotopic (exact) mass is 664 g/mol. The summed E-state index contributed by atoms with van der Waals surface area (Å²) < 4.78 is 59.9. The molecule has 0 saturated carbocycles. The summed E-state index contributed by atoms with van der Waals surface area (Å²) in [4.78, 5) is 64.4. The first-order chi connectivity index (χ1) is 20.2. The van der Waals surface area contributed by atoms with Crippen LogP contribution in [-0.4, -0.2) is 63.9 Å². The van der Waals surface area contributed by atoms with Crippen molar-refractivity contribution in [2.45, 2.75) is 37.8 Å². The second kappa shape index (κ2) is 13.2. The standard InChI is InChI=1S/C19H23N8O13P3/c20-18-17-19(23-9-22-18)27(10-24-17)15-6-13(38-16(28)5-11-3-1-2-4-12(11)7-25-26-21)14(37-15)8-36-42(32,33)40-43(34,35)39-41(29,30)31/h1-4,9-10,13-15H,5-8H2,(H,32,33)(H,34,35)(H2,20,22,23)(H2,29,30,31)/t13?,14-,15-/m1/s1. The van der Waals surface area contributed by atoms with Crippen LogP contribution >= 0.6 is 23.5 Å². The first kappa shape index (κ1) is 32.6. The van der Waals surface area contributed by atoms with E-state index in [1.165, 1.54) is 17.2 Å². The van der Waals surface area contributed by atoms with Crippen LogP contribution in [0.1, 0.15) is 23.8 Å². The number of phosphoric acid groups is 3. The van der Waals surface area contributed by atoms with Gasteiger partial charge in [-0.1, -0.05) is 29.4 Å². The maximum atomic E-state index is 12.9. The Kier molecular flexibility index (Phi) is 9.98. The molecule has 1 fully saturated rings. The smallest absolute Gasteiger partial charge is 0.459 e. The van der Waals surface area contributed by atoms with E-state index in [9.17, 15) is 28.3 Å². The number of hydrogen-bond acceptors (Lipinski definition) is 14. The quantitative estimate of drug-likeness (QED) is 0.0573. The summed E-state index contributed by atoms with van der Waals surface area (Å²) in [7, 11) is -16.9. The average Bonchev–Trinajstić information content (AvgIpc) is 3.49. The summed E-state index contributed by atoms with van der Waals surface area (Å²) in [5.41, 5.74) is 16.0. The molecule has 1 saturated heterocycles. The number of nitrogens with zero attached hydrogens (tertiary/aromatic N) is 7. The SMILES string of the molecule is [N-]=[N+]=NCc1ccccc1CC(=O)OC1C[C@H](n2cnc3c(N)ncnc32)O[C@@H]1COP(=O)(O)OP(=O)(O)OP(=O)(O)O. The number of nitrogens with two attached hydrogens (primary N) is 1. The molecule has 0 bridgehead atoms. The van der Waals surface area contributed by atoms with Crippen molar-refractivity contribution in [2.24, 2.45) is 5.11 Å². The fourth-order valence-corrected chi connectivity index (χ4v) is 7.08. The molecule has 0 aliphatic carbocycles. The highest BCUT2D eigenvalue weighted by molar-refractivity contribution is 7.66. The second-order valence-electron chi connectivity index (χ2n) is 8.70. The number of aromatic nitrogens is 4. The molecular formula is C19H23N8O13P3. The molecule has 1 aliphatic rings. The van der Waals surface area contributed by atoms with Crippen molar-refractivity contribution in [2.75, 3.05) is 12.3 Å². The maximum Gasteiger partial charge on any atom is 0.490 e. The number of esters is 1. The van der Waals surface area contributed by atoms with Crippen molar-refractivity contribution in [3.8, 4) is 0 Å². The van der Waals surface area contributed by atoms with Crippen LogP contribution in [-0.2, 0) is 54.1 Å². The lowest BCUT2D eigenvalue weighted by Crippen LogP contribution is -2.31. The lowest BCUT2D eigenvalue weighted by atomic mass is 10.0. The van der Waals surface area contributed by atoms with E-state index in [-0.39, 0.29) is 36.4 Å². The van der Waals surface area contributed by atoms with Gasteiger partial charge in [-0.2, -0.15) is 8.62 Å². The summed E-state index contributed by atoms with van der Waals surface area (Å²) in [6, 6.07) is 6.65. The van der Waals surface area contributed by atoms with Gasteiger partial charge in [0.25, 0.3) is 0 Å². The molecule has 3 heterocycles. The van der Waals surface area contributed by atoms with Gasteiger partial charge in [0.15, 0.2) is 11.5 Å². The minimum Gasteiger partial charge on any atom is -0.459 e. The highest BCUT2D eigenvalue weighted by Gasteiger charge is 2.44. The number of rotatable bonds is 13. The minimum atomic E-state index is -5.77. The Hall–Kier alpha value is -3.28. The largest absolute Gasteiger partial charge is 0.490 e. The molecule has 6 N–H and O–H groups in total. The number of ether oxygens (including phenoxy) is 2. The zero-order valence-electron chi connectivity index (χ0n) is 21.5. The minimum absolute atomic E-state index is 0.0179. The topological polar surface area (TPSA) is 314 Å². The number of imidazole rings is 1. The molecule has 43 heavy (non-hydrogen) atoms. The van der Waals surface area contributed by atoms with E-state index < -0.39 is 54.5 Å². The average molecular weight is 664 g/mol. The van der Waals surface area contributed by atoms with E-state index in [0.717, 1.165) is 0 Å². The Labute approximate surface area is 240 Å². The van der Waals surface area contributed by atoms with Gasteiger partial charge in [0.1, 0.15) is 30.3 Å². The van der Waals surface area contributed by atoms with Crippen LogP contribution in [0, 0.1) is 0 Å². The van der Waals surface area contributed by atoms with E-state index in [1.807, 2.05) is 0 Å². The number of anilines is 1. The van der Waals surface area contributed by atoms with E-state index in [4.69, 9.17) is 35.0 Å². The Balaban J connectivity index is 1.52. The second-order valence-corrected chi connectivity index (χ2v) is 13.1. The Morgan fingerprint density at radius 3 is 2.53 bits per heavy atom. The normalized spacial score (nSPS) is 21.5. The molecule has 5 atom stereocenters. The molecule has 3 aromatic rings. The van der Waals surface area contributed by atoms with E-state index in [2.05, 4.69) is 33.6 Å². The molecule has 3 unspecified atom stereocenters. The predicted molar refractivity (Wildman–Crippen MR) is 141 cm³/mol. The summed E-state index contributed by atoms with van der Waals surface area (Å²) in [5, 5.41) is 3.50. The highest BCUT2D eigenvalue weighted by atomic mass is 31.3. The van der Waals surface area contributed by atoms with Crippen LogP contribution < -0.4 is 5.73 Å². The fraction of sp³-hybridized carbons (Fsp3) is 0.368. The molecule has 21 nitrogen and oxygen atoms in total. The molecule has 4 rings (SSSR count). The van der Waals surface area contributed by atoms with Crippen LogP contribution in [0.5, 0.6) is 0 Å². The zero-order valence-corrected chi connectivity index (χ0v) is 24.2. The molecule has 1 aliphatic heterocycles. The van der Waals surface area contributed by atoms with E-state index in [1.54, 1.807) is 24.3 Å². The maximum absolute atomic E-state index is 12.9. The number of hydrogen-bond donors (Lipinski definition) is 5. The Bertz CT molecular complexity index is 1690. The number of carbonyl (C=O) groups excluding carboxylic acids is 1. The van der Waals surface area contributed by atoms with Crippen LogP contribution in [0.4, 0.5) is 5.82 Å². The van der Waals surface area contributed by atoms with Gasteiger partial charge in [-0.15, -0.1) is 0 Å². The molecule has 24 heteroatoms. The highest BCUT2D eigenvalue weighted by Crippen LogP contribution is 2.66. The van der Waals surface area contributed by atoms with Crippen molar-refractivity contribution in [1.29, 1.82) is 0 Å². The van der Waals surface area contributed by atoms with E-state index in [0.29, 0.717) is 11.1 Å². The number of carbonyl (C=O) groups is 1. The van der Waals surface area contributed by atoms with Gasteiger partial charge in [0.05, 0.1) is 25.9 Å². The van der Waals surface area contributed by atoms with Crippen molar-refractivity contribution < 1.29 is 60.7 Å². The molecular weight excluding hydrogens is 641 g/mol. The van der Waals surface area contributed by atoms with Gasteiger partial charge >= 0.3 is 29.4 Å². The number of phosphoric ester groups is 1. The van der Waals surface area contributed by atoms with Crippen molar-refractivity contribution in [1.82, 2.24) is 19.5 Å². The van der Waals surface area contributed by atoms with Crippen LogP contribution in [0.2, 0.25) is 0 Å². The van der Waals surface area contributed by atoms with Gasteiger partial charge in [-0.25, -0.2) is 28.6 Å². The third-order valence-corrected chi connectivity index (χ3v) is 9.54. The van der Waals surface area contributed by atoms with E-state index >= 15 is 0 Å². The molecule has 0 spiro atoms. The van der Waals surface area contributed by atoms with Crippen molar-refractivity contribution in [3.63, 3.8) is 0 Å². The van der Waals surface area contributed by atoms with Crippen LogP contribution in [0.25, 0.3) is 21.6 Å². The lowest BCUT2D eigenvalue weighted by Gasteiger charge is -2.21. The first-order valence-corrected chi connectivity index (χ1v) is 16.3. The van der Waals surface area contributed by atoms with Gasteiger partial charge in [-0.3, -0.25) is 13.9 Å². The summed E-state index contributed by atoms with van der Waals surface area (Å²) in [5.74, 6) is -0.679. The summed E-state index contributed by atoms with van der Waals surface area (Å²) in [6.07, 6.45) is -1.19. The lowest BCUT2D eigenvalue weighted by molar-refractivity contribution is -0.152. The van der Waals surface area contributed by atoms with Gasteiger partial charge < -0.3 is 34.8 Å². The number of nitrogen functional groups attached to an aromatic ring is 1. The summed E-state index contributed by atoms with van der Waals surface area (Å²) in [6.45, 7) is -0.898. The number of fused-ring (bicyclic) bond motifs is 1. The fourth-order valence-electron chi connectivity index (χ4n) is 4.05. The van der Waals surface area contributed by atoms with Gasteiger partial charge in [0, 0.05) is 11.3 Å². The van der Waals surface area contributed by atoms with Crippen LogP contribution in [0.15, 0.2) is 42.0 Å². The molecule has 0 amide bonds. The predicted octanol–water partition coefficient (Wildman–Crippen LogP) is 2.00. The Morgan fingerprint density at radius 2 is 1.84 bits per heavy atom. The van der Waals surface area contributed by atoms with Crippen molar-refractivity contribution in [3.05, 3.63) is 58.5 Å². The molecule has 0 radical (unpaired) electrons. The number of benzene rings is 1. The molecule has 2 aromatic heterocycles. The zero-order chi connectivity index (χ0) is 31.4. The van der Waals surface area contributed by atoms with Gasteiger partial charge in [-0.05, 0) is 16.7 Å². The molecule has 1 aromatic carbocycles. The third-order valence-electron chi connectivity index (χ3n) is 5.74. The van der Waals surface area contributed by atoms with Crippen LogP contribution in [0.3, 0.4) is 0 Å². The van der Waals surface area contributed by atoms with Crippen molar-refractivity contribution >= 4 is 46.4 Å². The first-order valence-electron chi connectivity index (χ1n) is 11.8. The number of azide groups is 1. The third kappa shape index (κ3) is 8.87. The summed E-state index contributed by atoms with van der Waals surface area (Å²) >= 11 is 0. The molecule has 232 valence electrons.